The van der Waals surface area contributed by atoms with Gasteiger partial charge in [-0.15, -0.1) is 11.8 Å². The molecule has 0 saturated heterocycles. The van der Waals surface area contributed by atoms with Crippen LogP contribution < -0.4 is 4.74 Å². The Bertz CT molecular complexity index is 1050. The van der Waals surface area contributed by atoms with Crippen LogP contribution in [-0.4, -0.2) is 28.6 Å². The monoisotopic (exact) mass is 486 g/mol. The number of hydrogen-bond acceptors (Lipinski definition) is 3. The van der Waals surface area contributed by atoms with Gasteiger partial charge in [0.05, 0.1) is 9.65 Å². The minimum absolute atomic E-state index is 0.112. The Balaban J connectivity index is 1.84. The van der Waals surface area contributed by atoms with Gasteiger partial charge in [0, 0.05) is 12.3 Å². The number of halogens is 5. The Morgan fingerprint density at radius 2 is 1.79 bits per heavy atom. The van der Waals surface area contributed by atoms with Gasteiger partial charge in [-0.1, -0.05) is 43.3 Å². The lowest BCUT2D eigenvalue weighted by Gasteiger charge is -2.31. The molecule has 0 spiro atoms. The van der Waals surface area contributed by atoms with Crippen LogP contribution in [0.5, 0.6) is 5.75 Å². The Morgan fingerprint density at radius 1 is 1.12 bits per heavy atom. The minimum Gasteiger partial charge on any atom is -0.489 e. The van der Waals surface area contributed by atoms with Crippen molar-refractivity contribution in [3.05, 3.63) is 75.7 Å². The van der Waals surface area contributed by atoms with Crippen LogP contribution in [0.15, 0.2) is 47.4 Å². The van der Waals surface area contributed by atoms with E-state index in [2.05, 4.69) is 0 Å². The van der Waals surface area contributed by atoms with E-state index in [0.717, 1.165) is 18.1 Å². The topological polar surface area (TPSA) is 46.5 Å². The SMILES string of the molecule is CCc1ccc(C2C=C(C(F)(F)F)SC2(C)COc2ccc(CCC(=O)O)c(F)c2F)cc1. The summed E-state index contributed by atoms with van der Waals surface area (Å²) in [4.78, 5) is 9.92. The number of carbonyl (C=O) groups is 1. The quantitative estimate of drug-likeness (QED) is 0.424. The molecule has 2 aromatic rings. The van der Waals surface area contributed by atoms with Crippen LogP contribution in [0.3, 0.4) is 0 Å². The lowest BCUT2D eigenvalue weighted by atomic mass is 9.86. The molecular weight excluding hydrogens is 463 g/mol. The highest BCUT2D eigenvalue weighted by atomic mass is 32.2. The highest BCUT2D eigenvalue weighted by Gasteiger charge is 2.49. The van der Waals surface area contributed by atoms with Crippen LogP contribution in [-0.2, 0) is 17.6 Å². The van der Waals surface area contributed by atoms with Crippen LogP contribution in [0.4, 0.5) is 22.0 Å². The lowest BCUT2D eigenvalue weighted by Crippen LogP contribution is -2.33. The Hall–Kier alpha value is -2.55. The third kappa shape index (κ3) is 5.69. The maximum atomic E-state index is 14.5. The van der Waals surface area contributed by atoms with Crippen molar-refractivity contribution in [2.75, 3.05) is 6.61 Å². The predicted octanol–water partition coefficient (Wildman–Crippen LogP) is 6.66. The molecule has 1 aliphatic heterocycles. The summed E-state index contributed by atoms with van der Waals surface area (Å²) in [6.07, 6.45) is -3.15. The largest absolute Gasteiger partial charge is 0.489 e. The standard InChI is InChI=1S/C24H23F5O3S/c1-3-14-4-6-15(7-5-14)17-12-19(24(27,28)29)33-23(17,2)13-32-18-10-8-16(9-11-20(30)31)21(25)22(18)26/h4-8,10,12,17H,3,9,11,13H2,1-2H3,(H,30,31). The molecule has 3 rings (SSSR count). The zero-order valence-corrected chi connectivity index (χ0v) is 18.8. The number of carboxylic acids is 1. The van der Waals surface area contributed by atoms with E-state index in [9.17, 15) is 26.7 Å². The van der Waals surface area contributed by atoms with Gasteiger partial charge in [0.1, 0.15) is 6.61 Å². The van der Waals surface area contributed by atoms with Crippen molar-refractivity contribution in [3.63, 3.8) is 0 Å². The van der Waals surface area contributed by atoms with Crippen molar-refractivity contribution in [2.24, 2.45) is 0 Å². The third-order valence-electron chi connectivity index (χ3n) is 5.59. The summed E-state index contributed by atoms with van der Waals surface area (Å²) in [7, 11) is 0. The zero-order valence-electron chi connectivity index (χ0n) is 18.0. The number of rotatable bonds is 8. The van der Waals surface area contributed by atoms with Gasteiger partial charge in [0.25, 0.3) is 0 Å². The molecule has 9 heteroatoms. The molecule has 178 valence electrons. The first kappa shape index (κ1) is 25.1. The van der Waals surface area contributed by atoms with Crippen molar-refractivity contribution in [3.8, 4) is 5.75 Å². The van der Waals surface area contributed by atoms with Gasteiger partial charge in [-0.25, -0.2) is 4.39 Å². The summed E-state index contributed by atoms with van der Waals surface area (Å²) in [5.74, 6) is -4.76. The molecular formula is C24H23F5O3S. The number of aryl methyl sites for hydroxylation is 2. The summed E-state index contributed by atoms with van der Waals surface area (Å²) >= 11 is 0.606. The molecule has 0 aliphatic carbocycles. The maximum Gasteiger partial charge on any atom is 0.421 e. The molecule has 2 unspecified atom stereocenters. The Morgan fingerprint density at radius 3 is 2.36 bits per heavy atom. The van der Waals surface area contributed by atoms with Gasteiger partial charge in [0.2, 0.25) is 5.82 Å². The number of allylic oxidation sites excluding steroid dienone is 2. The molecule has 33 heavy (non-hydrogen) atoms. The first-order valence-corrected chi connectivity index (χ1v) is 11.1. The van der Waals surface area contributed by atoms with Crippen molar-refractivity contribution in [1.29, 1.82) is 0 Å². The van der Waals surface area contributed by atoms with Crippen LogP contribution >= 0.6 is 11.8 Å². The molecule has 0 bridgehead atoms. The Labute approximate surface area is 192 Å². The van der Waals surface area contributed by atoms with Crippen LogP contribution in [0, 0.1) is 11.6 Å². The molecule has 0 radical (unpaired) electrons. The molecule has 0 saturated carbocycles. The number of benzene rings is 2. The van der Waals surface area contributed by atoms with Gasteiger partial charge in [0.15, 0.2) is 11.6 Å². The van der Waals surface area contributed by atoms with Crippen LogP contribution in [0.1, 0.15) is 42.9 Å². The third-order valence-corrected chi connectivity index (χ3v) is 7.02. The van der Waals surface area contributed by atoms with Crippen molar-refractivity contribution in [2.45, 2.75) is 50.0 Å². The van der Waals surface area contributed by atoms with Crippen molar-refractivity contribution in [1.82, 2.24) is 0 Å². The number of ether oxygens (including phenoxy) is 1. The molecule has 0 fully saturated rings. The second-order valence-electron chi connectivity index (χ2n) is 8.05. The number of hydrogen-bond donors (Lipinski definition) is 1. The van der Waals surface area contributed by atoms with Gasteiger partial charge in [-0.05, 0) is 42.5 Å². The highest BCUT2D eigenvalue weighted by Crippen LogP contribution is 2.55. The summed E-state index contributed by atoms with van der Waals surface area (Å²) in [5, 5.41) is 8.72. The second kappa shape index (κ2) is 9.75. The fourth-order valence-corrected chi connectivity index (χ4v) is 4.97. The van der Waals surface area contributed by atoms with E-state index < -0.39 is 45.1 Å². The van der Waals surface area contributed by atoms with Gasteiger partial charge in [-0.3, -0.25) is 4.79 Å². The van der Waals surface area contributed by atoms with Crippen molar-refractivity contribution >= 4 is 17.7 Å². The molecule has 2 aromatic carbocycles. The Kier molecular flexibility index (Phi) is 7.41. The molecule has 0 aromatic heterocycles. The molecule has 1 heterocycles. The second-order valence-corrected chi connectivity index (χ2v) is 9.63. The first-order chi connectivity index (χ1) is 15.4. The average Bonchev–Trinajstić information content (AvgIpc) is 3.12. The fraction of sp³-hybridized carbons (Fsp3) is 0.375. The summed E-state index contributed by atoms with van der Waals surface area (Å²) in [6, 6.07) is 9.64. The van der Waals surface area contributed by atoms with Gasteiger partial charge in [-0.2, -0.15) is 17.6 Å². The molecule has 3 nitrogen and oxygen atoms in total. The molecule has 1 N–H and O–H groups in total. The van der Waals surface area contributed by atoms with E-state index in [1.165, 1.54) is 12.1 Å². The summed E-state index contributed by atoms with van der Waals surface area (Å²) in [6.45, 7) is 3.26. The minimum atomic E-state index is -4.53. The normalized spacial score (nSPS) is 20.6. The molecule has 2 atom stereocenters. The van der Waals surface area contributed by atoms with E-state index in [1.54, 1.807) is 19.1 Å². The van der Waals surface area contributed by atoms with E-state index in [4.69, 9.17) is 9.84 Å². The van der Waals surface area contributed by atoms with Gasteiger partial charge >= 0.3 is 12.1 Å². The highest BCUT2D eigenvalue weighted by molar-refractivity contribution is 8.04. The number of thioether (sulfide) groups is 1. The number of aliphatic carboxylic acids is 1. The van der Waals surface area contributed by atoms with Crippen molar-refractivity contribution < 1.29 is 36.6 Å². The number of carboxylic acid groups (broad SMARTS) is 1. The van der Waals surface area contributed by atoms with Crippen LogP contribution in [0.2, 0.25) is 0 Å². The fourth-order valence-electron chi connectivity index (χ4n) is 3.70. The van der Waals surface area contributed by atoms with Gasteiger partial charge < -0.3 is 9.84 Å². The zero-order chi connectivity index (χ0) is 24.4. The average molecular weight is 487 g/mol. The predicted molar refractivity (Wildman–Crippen MR) is 117 cm³/mol. The maximum absolute atomic E-state index is 14.5. The van der Waals surface area contributed by atoms with E-state index in [1.807, 2.05) is 19.1 Å². The summed E-state index contributed by atoms with van der Waals surface area (Å²) < 4.78 is 73.7. The first-order valence-electron chi connectivity index (χ1n) is 10.3. The molecule has 0 amide bonds. The van der Waals surface area contributed by atoms with Crippen LogP contribution in [0.25, 0.3) is 0 Å². The number of alkyl halides is 3. The lowest BCUT2D eigenvalue weighted by molar-refractivity contribution is -0.137. The summed E-state index contributed by atoms with van der Waals surface area (Å²) in [5.41, 5.74) is 1.60. The van der Waals surface area contributed by atoms with E-state index in [-0.39, 0.29) is 25.0 Å². The molecule has 1 aliphatic rings. The van der Waals surface area contributed by atoms with E-state index >= 15 is 0 Å². The van der Waals surface area contributed by atoms with E-state index in [0.29, 0.717) is 17.3 Å². The smallest absolute Gasteiger partial charge is 0.421 e.